The van der Waals surface area contributed by atoms with Crippen molar-refractivity contribution in [3.05, 3.63) is 0 Å². The molecule has 0 heterocycles. The molecule has 0 aliphatic rings. The average Bonchev–Trinajstić information content (AvgIpc) is 2.14. The minimum Gasteiger partial charge on any atom is -0.366 e. The minimum absolute atomic E-state index is 0.0117. The Morgan fingerprint density at radius 1 is 1.33 bits per heavy atom. The van der Waals surface area contributed by atoms with Gasteiger partial charge in [0, 0.05) is 27.8 Å². The van der Waals surface area contributed by atoms with E-state index in [1.807, 2.05) is 7.05 Å². The molecule has 0 aliphatic carbocycles. The molecule has 0 saturated carbocycles. The highest BCUT2D eigenvalue weighted by Crippen LogP contribution is 2.13. The summed E-state index contributed by atoms with van der Waals surface area (Å²) >= 11 is 0. The highest BCUT2D eigenvalue weighted by molar-refractivity contribution is 6.13. The van der Waals surface area contributed by atoms with Gasteiger partial charge in [0.05, 0.1) is 10.2 Å². The molecule has 0 radical (unpaired) electrons. The summed E-state index contributed by atoms with van der Waals surface area (Å²) in [5.41, 5.74) is -0.441. The third-order valence-electron chi connectivity index (χ3n) is 2.03. The van der Waals surface area contributed by atoms with Crippen molar-refractivity contribution in [1.29, 1.82) is 0 Å². The number of hydrogen-bond donors (Lipinski definition) is 1. The van der Waals surface area contributed by atoms with Gasteiger partial charge in [0.15, 0.2) is 0 Å². The fourth-order valence-corrected chi connectivity index (χ4v) is 1.26. The van der Waals surface area contributed by atoms with Gasteiger partial charge in [0.25, 0.3) is 0 Å². The second-order valence-corrected chi connectivity index (χ2v) is 4.28. The number of rotatable bonds is 6. The van der Waals surface area contributed by atoms with Crippen LogP contribution in [0, 0.1) is 0 Å². The van der Waals surface area contributed by atoms with Crippen LogP contribution in [0.1, 0.15) is 6.42 Å². The van der Waals surface area contributed by atoms with Gasteiger partial charge in [-0.05, 0) is 7.05 Å². The van der Waals surface area contributed by atoms with Crippen LogP contribution in [0.3, 0.4) is 0 Å². The van der Waals surface area contributed by atoms with Crippen LogP contribution < -0.4 is 5.32 Å². The molecule has 0 spiro atoms. The fourth-order valence-electron chi connectivity index (χ4n) is 0.890. The first-order chi connectivity index (χ1) is 5.61. The van der Waals surface area contributed by atoms with Crippen molar-refractivity contribution in [2.75, 3.05) is 28.4 Å². The van der Waals surface area contributed by atoms with E-state index in [0.717, 1.165) is 10.2 Å². The molecule has 0 saturated heterocycles. The Balaban J connectivity index is 3.99. The van der Waals surface area contributed by atoms with Crippen molar-refractivity contribution in [2.24, 2.45) is 0 Å². The molecule has 1 atom stereocenters. The van der Waals surface area contributed by atoms with Crippen molar-refractivity contribution in [3.63, 3.8) is 0 Å². The molecule has 74 valence electrons. The Kier molecular flexibility index (Phi) is 5.69. The van der Waals surface area contributed by atoms with Gasteiger partial charge >= 0.3 is 0 Å². The van der Waals surface area contributed by atoms with Crippen molar-refractivity contribution < 1.29 is 14.2 Å². The number of methoxy groups -OCH3 is 3. The van der Waals surface area contributed by atoms with Crippen molar-refractivity contribution in [2.45, 2.75) is 18.1 Å². The highest BCUT2D eigenvalue weighted by Gasteiger charge is 2.26. The van der Waals surface area contributed by atoms with Crippen LogP contribution in [-0.2, 0) is 14.2 Å². The molecule has 0 aliphatic heterocycles. The fraction of sp³-hybridized carbons (Fsp3) is 1.00. The van der Waals surface area contributed by atoms with E-state index in [9.17, 15) is 0 Å². The largest absolute Gasteiger partial charge is 0.366 e. The standard InChI is InChI=1S/C7H19NO3Si/c1-8-6(9-2)5-7(12,10-3)11-4/h6,8H,5H2,1-4,12H3. The van der Waals surface area contributed by atoms with E-state index in [1.54, 1.807) is 21.3 Å². The maximum absolute atomic E-state index is 5.24. The Morgan fingerprint density at radius 3 is 2.08 bits per heavy atom. The number of nitrogens with one attached hydrogen (secondary N) is 1. The Labute approximate surface area is 77.0 Å². The maximum atomic E-state index is 5.24. The smallest absolute Gasteiger partial charge is 0.144 e. The van der Waals surface area contributed by atoms with Crippen LogP contribution >= 0.6 is 0 Å². The predicted octanol–water partition coefficient (Wildman–Crippen LogP) is -1.12. The van der Waals surface area contributed by atoms with Crippen LogP contribution in [0.15, 0.2) is 0 Å². The van der Waals surface area contributed by atoms with Gasteiger partial charge in [-0.2, -0.15) is 0 Å². The average molecular weight is 193 g/mol. The van der Waals surface area contributed by atoms with E-state index in [-0.39, 0.29) is 6.23 Å². The van der Waals surface area contributed by atoms with Crippen molar-refractivity contribution in [1.82, 2.24) is 5.32 Å². The number of hydrogen-bond acceptors (Lipinski definition) is 4. The van der Waals surface area contributed by atoms with Gasteiger partial charge in [-0.25, -0.2) is 0 Å². The summed E-state index contributed by atoms with van der Waals surface area (Å²) in [6.07, 6.45) is 0.696. The van der Waals surface area contributed by atoms with Gasteiger partial charge in [-0.1, -0.05) is 0 Å². The normalized spacial score (nSPS) is 15.0. The van der Waals surface area contributed by atoms with E-state index in [2.05, 4.69) is 5.32 Å². The summed E-state index contributed by atoms with van der Waals surface area (Å²) in [6.45, 7) is 0. The van der Waals surface area contributed by atoms with Crippen molar-refractivity contribution in [3.8, 4) is 0 Å². The molecule has 0 bridgehead atoms. The molecule has 0 aromatic carbocycles. The third kappa shape index (κ3) is 3.64. The predicted molar refractivity (Wildman–Crippen MR) is 51.2 cm³/mol. The molecule has 1 N–H and O–H groups in total. The van der Waals surface area contributed by atoms with E-state index >= 15 is 0 Å². The SMILES string of the molecule is CNC(CC([SiH3])(OC)OC)OC. The van der Waals surface area contributed by atoms with Crippen molar-refractivity contribution >= 4 is 10.2 Å². The van der Waals surface area contributed by atoms with E-state index in [0.29, 0.717) is 6.42 Å². The number of ether oxygens (including phenoxy) is 3. The summed E-state index contributed by atoms with van der Waals surface area (Å²) < 4.78 is 15.6. The van der Waals surface area contributed by atoms with E-state index < -0.39 is 5.41 Å². The zero-order chi connectivity index (χ0) is 9.61. The summed E-state index contributed by atoms with van der Waals surface area (Å²) in [5, 5.41) is 3.02. The van der Waals surface area contributed by atoms with Gasteiger partial charge in [0.2, 0.25) is 0 Å². The highest BCUT2D eigenvalue weighted by atomic mass is 28.1. The van der Waals surface area contributed by atoms with Crippen LogP contribution in [0.25, 0.3) is 0 Å². The van der Waals surface area contributed by atoms with Gasteiger partial charge in [-0.15, -0.1) is 0 Å². The second kappa shape index (κ2) is 5.66. The van der Waals surface area contributed by atoms with Crippen LogP contribution in [-0.4, -0.2) is 50.3 Å². The monoisotopic (exact) mass is 193 g/mol. The molecular weight excluding hydrogens is 174 g/mol. The quantitative estimate of drug-likeness (QED) is 0.428. The molecular formula is C7H19NO3Si. The summed E-state index contributed by atoms with van der Waals surface area (Å²) in [4.78, 5) is 0. The summed E-state index contributed by atoms with van der Waals surface area (Å²) in [5.74, 6) is 0. The Bertz CT molecular complexity index is 115. The molecule has 0 aromatic heterocycles. The zero-order valence-electron chi connectivity index (χ0n) is 8.51. The molecule has 1 unspecified atom stereocenters. The Hall–Kier alpha value is 0.0569. The van der Waals surface area contributed by atoms with Gasteiger partial charge in [0.1, 0.15) is 11.6 Å². The second-order valence-electron chi connectivity index (χ2n) is 2.76. The topological polar surface area (TPSA) is 39.7 Å². The zero-order valence-corrected chi connectivity index (χ0v) is 10.5. The first kappa shape index (κ1) is 12.1. The molecule has 0 aromatic rings. The lowest BCUT2D eigenvalue weighted by molar-refractivity contribution is -0.165. The van der Waals surface area contributed by atoms with Gasteiger partial charge in [-0.3, -0.25) is 5.32 Å². The molecule has 12 heavy (non-hydrogen) atoms. The van der Waals surface area contributed by atoms with Crippen LogP contribution in [0.2, 0.25) is 0 Å². The first-order valence-corrected chi connectivity index (χ1v) is 4.92. The van der Waals surface area contributed by atoms with E-state index in [1.165, 1.54) is 0 Å². The summed E-state index contributed by atoms with van der Waals surface area (Å²) in [6, 6.07) is 0. The molecule has 0 rings (SSSR count). The molecule has 0 amide bonds. The lowest BCUT2D eigenvalue weighted by Crippen LogP contribution is -2.42. The molecule has 4 nitrogen and oxygen atoms in total. The van der Waals surface area contributed by atoms with Crippen LogP contribution in [0.5, 0.6) is 0 Å². The van der Waals surface area contributed by atoms with Gasteiger partial charge < -0.3 is 14.2 Å². The summed E-state index contributed by atoms with van der Waals surface area (Å²) in [7, 11) is 7.63. The maximum Gasteiger partial charge on any atom is 0.144 e. The Morgan fingerprint density at radius 2 is 1.83 bits per heavy atom. The van der Waals surface area contributed by atoms with E-state index in [4.69, 9.17) is 14.2 Å². The third-order valence-corrected chi connectivity index (χ3v) is 3.25. The lowest BCUT2D eigenvalue weighted by Gasteiger charge is -2.30. The minimum atomic E-state index is -0.441. The lowest BCUT2D eigenvalue weighted by atomic mass is 10.3. The molecule has 5 heteroatoms. The van der Waals surface area contributed by atoms with Crippen LogP contribution in [0.4, 0.5) is 0 Å². The molecule has 0 fully saturated rings. The first-order valence-electron chi connectivity index (χ1n) is 3.92.